The minimum absolute atomic E-state index is 0.352. The van der Waals surface area contributed by atoms with Gasteiger partial charge in [-0.25, -0.2) is 19.3 Å². The molecule has 0 spiro atoms. The van der Waals surface area contributed by atoms with Crippen LogP contribution >= 0.6 is 0 Å². The molecule has 0 aliphatic carbocycles. The van der Waals surface area contributed by atoms with E-state index in [-0.39, 0.29) is 0 Å². The molecular formula is C11H14FN5. The summed E-state index contributed by atoms with van der Waals surface area (Å²) in [6.07, 6.45) is 5.11. The summed E-state index contributed by atoms with van der Waals surface area (Å²) in [6.45, 7) is 2.82. The smallest absolute Gasteiger partial charge is 0.222 e. The highest BCUT2D eigenvalue weighted by atomic mass is 19.1. The highest BCUT2D eigenvalue weighted by Crippen LogP contribution is 2.11. The van der Waals surface area contributed by atoms with Crippen LogP contribution in [-0.4, -0.2) is 26.6 Å². The van der Waals surface area contributed by atoms with E-state index in [0.29, 0.717) is 18.1 Å². The topological polar surface area (TPSA) is 55.6 Å². The van der Waals surface area contributed by atoms with Crippen molar-refractivity contribution in [3.05, 3.63) is 35.9 Å². The second-order valence-electron chi connectivity index (χ2n) is 3.54. The van der Waals surface area contributed by atoms with Crippen LogP contribution in [0.15, 0.2) is 18.6 Å². The van der Waals surface area contributed by atoms with Crippen molar-refractivity contribution in [2.45, 2.75) is 19.9 Å². The molecule has 0 bridgehead atoms. The van der Waals surface area contributed by atoms with Crippen molar-refractivity contribution in [2.24, 2.45) is 0 Å². The summed E-state index contributed by atoms with van der Waals surface area (Å²) >= 11 is 0. The van der Waals surface area contributed by atoms with Crippen molar-refractivity contribution in [2.75, 3.05) is 12.4 Å². The van der Waals surface area contributed by atoms with Gasteiger partial charge in [-0.3, -0.25) is 0 Å². The Morgan fingerprint density at radius 3 is 2.94 bits per heavy atom. The summed E-state index contributed by atoms with van der Waals surface area (Å²) in [5, 5.41) is 2.79. The lowest BCUT2D eigenvalue weighted by molar-refractivity contribution is 0.590. The van der Waals surface area contributed by atoms with E-state index in [4.69, 9.17) is 0 Å². The molecule has 0 saturated heterocycles. The van der Waals surface area contributed by atoms with Crippen LogP contribution in [0.2, 0.25) is 0 Å². The predicted molar refractivity (Wildman–Crippen MR) is 62.2 cm³/mol. The van der Waals surface area contributed by atoms with Crippen molar-refractivity contribution >= 4 is 5.95 Å². The molecule has 90 valence electrons. The van der Waals surface area contributed by atoms with Gasteiger partial charge in [-0.1, -0.05) is 0 Å². The molecule has 2 aromatic rings. The molecule has 0 unspecified atom stereocenters. The Balaban J connectivity index is 2.29. The number of aryl methyl sites for hydroxylation is 1. The molecule has 6 heteroatoms. The zero-order chi connectivity index (χ0) is 12.3. The van der Waals surface area contributed by atoms with Crippen LogP contribution in [0.25, 0.3) is 0 Å². The lowest BCUT2D eigenvalue weighted by atomic mass is 10.2. The van der Waals surface area contributed by atoms with Crippen molar-refractivity contribution < 1.29 is 4.39 Å². The van der Waals surface area contributed by atoms with Crippen LogP contribution in [-0.2, 0) is 13.0 Å². The molecule has 17 heavy (non-hydrogen) atoms. The van der Waals surface area contributed by atoms with Gasteiger partial charge < -0.3 is 9.88 Å². The van der Waals surface area contributed by atoms with E-state index in [1.54, 1.807) is 13.2 Å². The molecule has 2 rings (SSSR count). The number of halogens is 1. The number of imidazole rings is 1. The lowest BCUT2D eigenvalue weighted by Gasteiger charge is -2.06. The maximum absolute atomic E-state index is 13.5. The number of nitrogens with one attached hydrogen (secondary N) is 1. The Bertz CT molecular complexity index is 508. The minimum atomic E-state index is -0.408. The van der Waals surface area contributed by atoms with Crippen molar-refractivity contribution in [1.29, 1.82) is 0 Å². The number of anilines is 1. The van der Waals surface area contributed by atoms with E-state index in [0.717, 1.165) is 12.4 Å². The maximum atomic E-state index is 13.5. The van der Waals surface area contributed by atoms with E-state index in [9.17, 15) is 4.39 Å². The predicted octanol–water partition coefficient (Wildman–Crippen LogP) is 1.46. The van der Waals surface area contributed by atoms with Gasteiger partial charge in [0.1, 0.15) is 5.82 Å². The fraction of sp³-hybridized carbons (Fsp3) is 0.364. The average molecular weight is 235 g/mol. The molecule has 2 aromatic heterocycles. The highest BCUT2D eigenvalue weighted by molar-refractivity contribution is 5.25. The zero-order valence-electron chi connectivity index (χ0n) is 9.81. The molecule has 0 radical (unpaired) electrons. The second kappa shape index (κ2) is 4.90. The minimum Gasteiger partial charge on any atom is -0.357 e. The third-order valence-electron chi connectivity index (χ3n) is 2.51. The van der Waals surface area contributed by atoms with E-state index in [2.05, 4.69) is 20.3 Å². The maximum Gasteiger partial charge on any atom is 0.222 e. The number of rotatable bonds is 4. The van der Waals surface area contributed by atoms with E-state index >= 15 is 0 Å². The molecular weight excluding hydrogens is 221 g/mol. The van der Waals surface area contributed by atoms with Crippen molar-refractivity contribution in [3.8, 4) is 0 Å². The van der Waals surface area contributed by atoms with E-state index < -0.39 is 5.82 Å². The molecule has 5 nitrogen and oxygen atoms in total. The third-order valence-corrected chi connectivity index (χ3v) is 2.51. The molecule has 0 aromatic carbocycles. The SMILES string of the molecule is CCn1ccnc1Cc1nc(NC)ncc1F. The molecule has 0 aliphatic rings. The van der Waals surface area contributed by atoms with E-state index in [1.165, 1.54) is 6.20 Å². The molecule has 2 heterocycles. The summed E-state index contributed by atoms with van der Waals surface area (Å²) in [5.41, 5.74) is 0.352. The summed E-state index contributed by atoms with van der Waals surface area (Å²) in [5.74, 6) is 0.804. The lowest BCUT2D eigenvalue weighted by Crippen LogP contribution is -2.07. The van der Waals surface area contributed by atoms with Gasteiger partial charge in [-0.05, 0) is 6.92 Å². The quantitative estimate of drug-likeness (QED) is 0.871. The molecule has 0 atom stereocenters. The number of aromatic nitrogens is 4. The first-order valence-electron chi connectivity index (χ1n) is 5.43. The summed E-state index contributed by atoms with van der Waals surface area (Å²) in [6, 6.07) is 0. The van der Waals surface area contributed by atoms with Gasteiger partial charge in [0.15, 0.2) is 5.82 Å². The van der Waals surface area contributed by atoms with Crippen LogP contribution in [0, 0.1) is 5.82 Å². The first-order chi connectivity index (χ1) is 8.24. The normalized spacial score (nSPS) is 10.5. The van der Waals surface area contributed by atoms with Crippen molar-refractivity contribution in [3.63, 3.8) is 0 Å². The third kappa shape index (κ3) is 2.41. The van der Waals surface area contributed by atoms with Crippen LogP contribution in [0.4, 0.5) is 10.3 Å². The largest absolute Gasteiger partial charge is 0.357 e. The Hall–Kier alpha value is -1.98. The van der Waals surface area contributed by atoms with Gasteiger partial charge in [0, 0.05) is 26.0 Å². The molecule has 0 amide bonds. The Morgan fingerprint density at radius 2 is 2.24 bits per heavy atom. The Kier molecular flexibility index (Phi) is 3.32. The fourth-order valence-corrected chi connectivity index (χ4v) is 1.59. The van der Waals surface area contributed by atoms with Gasteiger partial charge in [0.2, 0.25) is 5.95 Å². The van der Waals surface area contributed by atoms with Gasteiger partial charge in [0.05, 0.1) is 18.3 Å². The summed E-state index contributed by atoms with van der Waals surface area (Å²) in [4.78, 5) is 12.1. The molecule has 1 N–H and O–H groups in total. The van der Waals surface area contributed by atoms with Crippen LogP contribution < -0.4 is 5.32 Å². The van der Waals surface area contributed by atoms with Crippen molar-refractivity contribution in [1.82, 2.24) is 19.5 Å². The number of hydrogen-bond donors (Lipinski definition) is 1. The van der Waals surface area contributed by atoms with E-state index in [1.807, 2.05) is 17.7 Å². The zero-order valence-corrected chi connectivity index (χ0v) is 9.81. The van der Waals surface area contributed by atoms with Gasteiger partial charge in [0.25, 0.3) is 0 Å². The Labute approximate surface area is 98.7 Å². The standard InChI is InChI=1S/C11H14FN5/c1-3-17-5-4-14-10(17)6-9-8(12)7-15-11(13-2)16-9/h4-5,7H,3,6H2,1-2H3,(H,13,15,16). The molecule has 0 fully saturated rings. The first-order valence-corrected chi connectivity index (χ1v) is 5.43. The van der Waals surface area contributed by atoms with Crippen LogP contribution in [0.1, 0.15) is 18.4 Å². The summed E-state index contributed by atoms with van der Waals surface area (Å²) in [7, 11) is 1.70. The van der Waals surface area contributed by atoms with Gasteiger partial charge >= 0.3 is 0 Å². The van der Waals surface area contributed by atoms with Crippen LogP contribution in [0.5, 0.6) is 0 Å². The number of nitrogens with zero attached hydrogens (tertiary/aromatic N) is 4. The monoisotopic (exact) mass is 235 g/mol. The van der Waals surface area contributed by atoms with Gasteiger partial charge in [-0.15, -0.1) is 0 Å². The van der Waals surface area contributed by atoms with Crippen LogP contribution in [0.3, 0.4) is 0 Å². The fourth-order valence-electron chi connectivity index (χ4n) is 1.59. The molecule has 0 saturated carbocycles. The first kappa shape index (κ1) is 11.5. The average Bonchev–Trinajstić information content (AvgIpc) is 2.79. The Morgan fingerprint density at radius 1 is 1.41 bits per heavy atom. The molecule has 0 aliphatic heterocycles. The highest BCUT2D eigenvalue weighted by Gasteiger charge is 2.10. The number of hydrogen-bond acceptors (Lipinski definition) is 4. The second-order valence-corrected chi connectivity index (χ2v) is 3.54. The summed E-state index contributed by atoms with van der Waals surface area (Å²) < 4.78 is 15.5. The van der Waals surface area contributed by atoms with Gasteiger partial charge in [-0.2, -0.15) is 0 Å².